The van der Waals surface area contributed by atoms with E-state index in [9.17, 15) is 14.9 Å². The average molecular weight is 280 g/mol. The number of Topliss-reactive ketones (excluding diaryl/α,β-unsaturated/α-hetero) is 1. The lowest BCUT2D eigenvalue weighted by atomic mass is 10.1. The van der Waals surface area contributed by atoms with Crippen molar-refractivity contribution in [2.45, 2.75) is 26.7 Å². The van der Waals surface area contributed by atoms with Crippen molar-refractivity contribution in [3.05, 3.63) is 33.9 Å². The summed E-state index contributed by atoms with van der Waals surface area (Å²) < 4.78 is 0. The summed E-state index contributed by atoms with van der Waals surface area (Å²) >= 11 is 0. The Labute approximate surface area is 118 Å². The molecule has 0 saturated heterocycles. The van der Waals surface area contributed by atoms with E-state index in [1.165, 1.54) is 19.1 Å². The molecule has 0 spiro atoms. The third-order valence-corrected chi connectivity index (χ3v) is 3.07. The summed E-state index contributed by atoms with van der Waals surface area (Å²) in [4.78, 5) is 23.8. The molecule has 1 aromatic rings. The zero-order chi connectivity index (χ0) is 15.1. The Bertz CT molecular complexity index is 488. The largest absolute Gasteiger partial charge is 0.395 e. The smallest absolute Gasteiger partial charge is 0.280 e. The van der Waals surface area contributed by atoms with Crippen LogP contribution >= 0.6 is 0 Å². The van der Waals surface area contributed by atoms with Gasteiger partial charge in [0.05, 0.1) is 17.1 Å². The van der Waals surface area contributed by atoms with Crippen LogP contribution in [0.15, 0.2) is 18.2 Å². The van der Waals surface area contributed by atoms with E-state index in [0.717, 1.165) is 25.1 Å². The van der Waals surface area contributed by atoms with Crippen molar-refractivity contribution in [1.29, 1.82) is 0 Å². The van der Waals surface area contributed by atoms with Crippen LogP contribution in [0.3, 0.4) is 0 Å². The molecule has 0 aromatic heterocycles. The van der Waals surface area contributed by atoms with Crippen LogP contribution in [0.2, 0.25) is 0 Å². The fraction of sp³-hybridized carbons (Fsp3) is 0.500. The van der Waals surface area contributed by atoms with Gasteiger partial charge >= 0.3 is 0 Å². The van der Waals surface area contributed by atoms with Gasteiger partial charge < -0.3 is 10.0 Å². The molecule has 0 bridgehead atoms. The second kappa shape index (κ2) is 7.59. The Kier molecular flexibility index (Phi) is 6.11. The second-order valence-corrected chi connectivity index (χ2v) is 4.58. The molecule has 1 rings (SSSR count). The van der Waals surface area contributed by atoms with E-state index in [1.54, 1.807) is 6.07 Å². The van der Waals surface area contributed by atoms with Gasteiger partial charge in [0.25, 0.3) is 5.69 Å². The summed E-state index contributed by atoms with van der Waals surface area (Å²) in [7, 11) is 0. The first-order valence-corrected chi connectivity index (χ1v) is 6.66. The van der Waals surface area contributed by atoms with Crippen LogP contribution in [0, 0.1) is 10.1 Å². The molecule has 1 aromatic carbocycles. The van der Waals surface area contributed by atoms with Crippen LogP contribution in [0.5, 0.6) is 0 Å². The zero-order valence-corrected chi connectivity index (χ0v) is 11.8. The number of ketones is 1. The summed E-state index contributed by atoms with van der Waals surface area (Å²) in [6.07, 6.45) is 1.96. The molecule has 0 fully saturated rings. The Morgan fingerprint density at radius 1 is 1.40 bits per heavy atom. The molecule has 0 aliphatic rings. The van der Waals surface area contributed by atoms with E-state index < -0.39 is 4.92 Å². The minimum atomic E-state index is -0.553. The third kappa shape index (κ3) is 4.03. The molecule has 0 amide bonds. The van der Waals surface area contributed by atoms with Gasteiger partial charge in [-0.05, 0) is 25.5 Å². The first kappa shape index (κ1) is 16.1. The number of nitro groups is 1. The number of hydrogen-bond donors (Lipinski definition) is 1. The van der Waals surface area contributed by atoms with Gasteiger partial charge in [0, 0.05) is 24.8 Å². The summed E-state index contributed by atoms with van der Waals surface area (Å²) in [5.74, 6) is -0.335. The topological polar surface area (TPSA) is 83.7 Å². The molecule has 0 aliphatic carbocycles. The summed E-state index contributed by atoms with van der Waals surface area (Å²) in [5, 5.41) is 20.0. The minimum absolute atomic E-state index is 0.00386. The molecule has 6 nitrogen and oxygen atoms in total. The zero-order valence-electron chi connectivity index (χ0n) is 11.8. The number of aliphatic hydroxyl groups excluding tert-OH is 1. The number of benzene rings is 1. The molecule has 1 N–H and O–H groups in total. The van der Waals surface area contributed by atoms with Crippen molar-refractivity contribution >= 4 is 17.2 Å². The maximum absolute atomic E-state index is 11.5. The number of anilines is 1. The predicted molar refractivity (Wildman–Crippen MR) is 77.3 cm³/mol. The molecular formula is C14H20N2O4. The number of hydrogen-bond acceptors (Lipinski definition) is 5. The van der Waals surface area contributed by atoms with E-state index >= 15 is 0 Å². The van der Waals surface area contributed by atoms with Gasteiger partial charge in [-0.2, -0.15) is 0 Å². The van der Waals surface area contributed by atoms with Crippen molar-refractivity contribution in [2.75, 3.05) is 24.6 Å². The van der Waals surface area contributed by atoms with Gasteiger partial charge in [0.2, 0.25) is 0 Å². The van der Waals surface area contributed by atoms with Gasteiger partial charge in [0.15, 0.2) is 5.78 Å². The molecule has 0 heterocycles. The maximum Gasteiger partial charge on any atom is 0.280 e. The second-order valence-electron chi connectivity index (χ2n) is 4.58. The number of nitrogens with zero attached hydrogens (tertiary/aromatic N) is 2. The number of rotatable bonds is 8. The molecule has 0 saturated carbocycles. The molecule has 0 aliphatic heterocycles. The monoisotopic (exact) mass is 280 g/mol. The van der Waals surface area contributed by atoms with Gasteiger partial charge in [-0.1, -0.05) is 13.3 Å². The fourth-order valence-electron chi connectivity index (χ4n) is 2.00. The van der Waals surface area contributed by atoms with Crippen molar-refractivity contribution in [3.63, 3.8) is 0 Å². The highest BCUT2D eigenvalue weighted by Gasteiger charge is 2.19. The van der Waals surface area contributed by atoms with Crippen molar-refractivity contribution in [3.8, 4) is 0 Å². The molecule has 0 unspecified atom stereocenters. The molecule has 0 radical (unpaired) electrons. The predicted octanol–water partition coefficient (Wildman–Crippen LogP) is 2.40. The Hall–Kier alpha value is -1.95. The number of unbranched alkanes of at least 4 members (excludes halogenated alkanes) is 1. The number of carbonyl (C=O) groups excluding carboxylic acids is 1. The highest BCUT2D eigenvalue weighted by molar-refractivity contribution is 5.99. The quantitative estimate of drug-likeness (QED) is 0.449. The molecule has 6 heteroatoms. The normalized spacial score (nSPS) is 10.3. The number of aliphatic hydroxyl groups is 1. The standard InChI is InChI=1S/C14H20N2O4/c1-3-4-7-15(8-9-17)12-5-6-14(16(19)20)13(10-12)11(2)18/h5-6,10,17H,3-4,7-9H2,1-2H3. The third-order valence-electron chi connectivity index (χ3n) is 3.07. The SMILES string of the molecule is CCCCN(CCO)c1ccc([N+](=O)[O-])c(C(C)=O)c1. The summed E-state index contributed by atoms with van der Waals surface area (Å²) in [6, 6.07) is 4.50. The molecular weight excluding hydrogens is 260 g/mol. The Morgan fingerprint density at radius 3 is 2.60 bits per heavy atom. The lowest BCUT2D eigenvalue weighted by Gasteiger charge is -2.24. The van der Waals surface area contributed by atoms with E-state index in [4.69, 9.17) is 5.11 Å². The van der Waals surface area contributed by atoms with Crippen molar-refractivity contribution in [2.24, 2.45) is 0 Å². The molecule has 110 valence electrons. The lowest BCUT2D eigenvalue weighted by molar-refractivity contribution is -0.385. The highest BCUT2D eigenvalue weighted by Crippen LogP contribution is 2.25. The van der Waals surface area contributed by atoms with E-state index in [-0.39, 0.29) is 23.6 Å². The van der Waals surface area contributed by atoms with Crippen molar-refractivity contribution in [1.82, 2.24) is 0 Å². The van der Waals surface area contributed by atoms with Crippen LogP contribution in [0.25, 0.3) is 0 Å². The first-order chi connectivity index (χ1) is 9.51. The van der Waals surface area contributed by atoms with Crippen LogP contribution < -0.4 is 4.90 Å². The maximum atomic E-state index is 11.5. The average Bonchev–Trinajstić information content (AvgIpc) is 2.42. The lowest BCUT2D eigenvalue weighted by Crippen LogP contribution is -2.27. The van der Waals surface area contributed by atoms with Crippen LogP contribution in [-0.2, 0) is 0 Å². The number of nitro benzene ring substituents is 1. The van der Waals surface area contributed by atoms with Crippen LogP contribution in [-0.4, -0.2) is 35.5 Å². The Morgan fingerprint density at radius 2 is 2.10 bits per heavy atom. The van der Waals surface area contributed by atoms with E-state index in [2.05, 4.69) is 6.92 Å². The molecule has 0 atom stereocenters. The van der Waals surface area contributed by atoms with Gasteiger partial charge in [-0.15, -0.1) is 0 Å². The van der Waals surface area contributed by atoms with E-state index in [0.29, 0.717) is 6.54 Å². The highest BCUT2D eigenvalue weighted by atomic mass is 16.6. The van der Waals surface area contributed by atoms with Crippen LogP contribution in [0.1, 0.15) is 37.0 Å². The number of carbonyl (C=O) groups is 1. The molecule has 20 heavy (non-hydrogen) atoms. The van der Waals surface area contributed by atoms with Crippen LogP contribution in [0.4, 0.5) is 11.4 Å². The Balaban J connectivity index is 3.13. The van der Waals surface area contributed by atoms with E-state index in [1.807, 2.05) is 4.90 Å². The first-order valence-electron chi connectivity index (χ1n) is 6.66. The fourth-order valence-corrected chi connectivity index (χ4v) is 2.00. The van der Waals surface area contributed by atoms with Gasteiger partial charge in [-0.3, -0.25) is 14.9 Å². The van der Waals surface area contributed by atoms with Crippen molar-refractivity contribution < 1.29 is 14.8 Å². The van der Waals surface area contributed by atoms with Gasteiger partial charge in [0.1, 0.15) is 0 Å². The minimum Gasteiger partial charge on any atom is -0.395 e. The summed E-state index contributed by atoms with van der Waals surface area (Å²) in [5.41, 5.74) is 0.649. The van der Waals surface area contributed by atoms with Gasteiger partial charge in [-0.25, -0.2) is 0 Å². The summed E-state index contributed by atoms with van der Waals surface area (Å²) in [6.45, 7) is 4.56.